The molecule has 0 aliphatic rings. The Balaban J connectivity index is 2.55. The zero-order valence-corrected chi connectivity index (χ0v) is 9.42. The first-order valence-electron chi connectivity index (χ1n) is 4.84. The molecule has 2 rings (SSSR count). The fourth-order valence-electron chi connectivity index (χ4n) is 1.47. The summed E-state index contributed by atoms with van der Waals surface area (Å²) in [6.45, 7) is 2.17. The number of halogens is 1. The van der Waals surface area contributed by atoms with Gasteiger partial charge in [-0.05, 0) is 30.5 Å². The van der Waals surface area contributed by atoms with E-state index in [0.717, 1.165) is 11.3 Å². The molecule has 0 saturated carbocycles. The van der Waals surface area contributed by atoms with Crippen molar-refractivity contribution >= 4 is 33.3 Å². The SMILES string of the molecule is CCOc1ccc2cc(B(O)O)sc2c1F. The fraction of sp³-hybridized carbons (Fsp3) is 0.200. The molecule has 2 N–H and O–H groups in total. The Morgan fingerprint density at radius 2 is 2.19 bits per heavy atom. The highest BCUT2D eigenvalue weighted by atomic mass is 32.1. The molecule has 6 heteroatoms. The average Bonchev–Trinajstić information content (AvgIpc) is 2.67. The second-order valence-electron chi connectivity index (χ2n) is 3.25. The highest BCUT2D eigenvalue weighted by molar-refractivity contribution is 7.27. The number of benzene rings is 1. The summed E-state index contributed by atoms with van der Waals surface area (Å²) in [5.41, 5.74) is 0. The van der Waals surface area contributed by atoms with Crippen molar-refractivity contribution in [1.29, 1.82) is 0 Å². The van der Waals surface area contributed by atoms with Gasteiger partial charge in [-0.2, -0.15) is 0 Å². The number of fused-ring (bicyclic) bond motifs is 1. The monoisotopic (exact) mass is 240 g/mol. The Kier molecular flexibility index (Phi) is 3.14. The van der Waals surface area contributed by atoms with E-state index in [1.807, 2.05) is 0 Å². The summed E-state index contributed by atoms with van der Waals surface area (Å²) in [6.07, 6.45) is 0. The summed E-state index contributed by atoms with van der Waals surface area (Å²) in [7, 11) is -1.56. The lowest BCUT2D eigenvalue weighted by Crippen LogP contribution is -2.26. The molecular weight excluding hydrogens is 230 g/mol. The van der Waals surface area contributed by atoms with Gasteiger partial charge in [-0.25, -0.2) is 4.39 Å². The largest absolute Gasteiger partial charge is 0.499 e. The second kappa shape index (κ2) is 4.41. The summed E-state index contributed by atoms with van der Waals surface area (Å²) in [5, 5.41) is 18.6. The van der Waals surface area contributed by atoms with Gasteiger partial charge in [-0.1, -0.05) is 0 Å². The van der Waals surface area contributed by atoms with Crippen LogP contribution in [0.15, 0.2) is 18.2 Å². The minimum atomic E-state index is -1.56. The normalized spacial score (nSPS) is 10.8. The standard InChI is InChI=1S/C10H10BFO3S/c1-2-15-7-4-3-6-5-8(11(13)14)16-10(6)9(7)12/h3-5,13-14H,2H2,1H3. The zero-order valence-electron chi connectivity index (χ0n) is 8.61. The molecule has 3 nitrogen and oxygen atoms in total. The summed E-state index contributed by atoms with van der Waals surface area (Å²) < 4.78 is 19.7. The molecule has 0 spiro atoms. The first-order chi connectivity index (χ1) is 7.63. The van der Waals surface area contributed by atoms with Crippen LogP contribution in [0.3, 0.4) is 0 Å². The third-order valence-electron chi connectivity index (χ3n) is 2.16. The maximum atomic E-state index is 13.9. The van der Waals surface area contributed by atoms with Gasteiger partial charge in [0.05, 0.1) is 11.3 Å². The van der Waals surface area contributed by atoms with E-state index >= 15 is 0 Å². The number of hydrogen-bond donors (Lipinski definition) is 2. The van der Waals surface area contributed by atoms with Crippen LogP contribution in [0.2, 0.25) is 0 Å². The van der Waals surface area contributed by atoms with Crippen LogP contribution < -0.4 is 9.51 Å². The van der Waals surface area contributed by atoms with Gasteiger partial charge in [0.1, 0.15) is 0 Å². The van der Waals surface area contributed by atoms with Gasteiger partial charge in [0.15, 0.2) is 11.6 Å². The van der Waals surface area contributed by atoms with Crippen molar-refractivity contribution in [3.05, 3.63) is 24.0 Å². The van der Waals surface area contributed by atoms with Gasteiger partial charge in [-0.15, -0.1) is 11.3 Å². The van der Waals surface area contributed by atoms with Gasteiger partial charge in [0.2, 0.25) is 0 Å². The molecule has 1 aromatic carbocycles. The lowest BCUT2D eigenvalue weighted by molar-refractivity contribution is 0.323. The molecule has 0 aliphatic heterocycles. The van der Waals surface area contributed by atoms with Gasteiger partial charge in [-0.3, -0.25) is 0 Å². The smallest absolute Gasteiger partial charge is 0.491 e. The van der Waals surface area contributed by atoms with Gasteiger partial charge in [0, 0.05) is 4.78 Å². The molecule has 0 bridgehead atoms. The predicted molar refractivity (Wildman–Crippen MR) is 62.8 cm³/mol. The molecular formula is C10H10BFO3S. The van der Waals surface area contributed by atoms with Crippen LogP contribution in [0, 0.1) is 5.82 Å². The average molecular weight is 240 g/mol. The number of rotatable bonds is 3. The van der Waals surface area contributed by atoms with Crippen LogP contribution in [0.5, 0.6) is 5.75 Å². The first kappa shape index (κ1) is 11.4. The molecule has 0 fully saturated rings. The van der Waals surface area contributed by atoms with Crippen molar-refractivity contribution in [3.63, 3.8) is 0 Å². The van der Waals surface area contributed by atoms with Crippen LogP contribution in [-0.2, 0) is 0 Å². The van der Waals surface area contributed by atoms with E-state index in [2.05, 4.69) is 0 Å². The van der Waals surface area contributed by atoms with Crippen molar-refractivity contribution in [2.45, 2.75) is 6.92 Å². The third-order valence-corrected chi connectivity index (χ3v) is 3.35. The zero-order chi connectivity index (χ0) is 11.7. The maximum absolute atomic E-state index is 13.9. The Hall–Kier alpha value is -1.11. The Morgan fingerprint density at radius 1 is 1.44 bits per heavy atom. The van der Waals surface area contributed by atoms with Gasteiger partial charge < -0.3 is 14.8 Å². The van der Waals surface area contributed by atoms with Gasteiger partial charge >= 0.3 is 7.12 Å². The van der Waals surface area contributed by atoms with Crippen LogP contribution in [0.1, 0.15) is 6.92 Å². The molecule has 0 radical (unpaired) electrons. The molecule has 0 amide bonds. The van der Waals surface area contributed by atoms with E-state index in [9.17, 15) is 4.39 Å². The van der Waals surface area contributed by atoms with E-state index in [1.165, 1.54) is 0 Å². The predicted octanol–water partition coefficient (Wildman–Crippen LogP) is 1.12. The van der Waals surface area contributed by atoms with E-state index in [-0.39, 0.29) is 5.75 Å². The highest BCUT2D eigenvalue weighted by Gasteiger charge is 2.18. The molecule has 1 aromatic heterocycles. The van der Waals surface area contributed by atoms with Crippen molar-refractivity contribution in [2.75, 3.05) is 6.61 Å². The number of hydrogen-bond acceptors (Lipinski definition) is 4. The fourth-order valence-corrected chi connectivity index (χ4v) is 2.43. The molecule has 84 valence electrons. The van der Waals surface area contributed by atoms with Crippen LogP contribution in [0.4, 0.5) is 4.39 Å². The van der Waals surface area contributed by atoms with E-state index in [4.69, 9.17) is 14.8 Å². The third kappa shape index (κ3) is 1.91. The quantitative estimate of drug-likeness (QED) is 0.790. The van der Waals surface area contributed by atoms with E-state index < -0.39 is 12.9 Å². The number of ether oxygens (including phenoxy) is 1. The summed E-state index contributed by atoms with van der Waals surface area (Å²) in [4.78, 5) is 0. The van der Waals surface area contributed by atoms with Crippen molar-refractivity contribution < 1.29 is 19.2 Å². The Morgan fingerprint density at radius 3 is 2.81 bits per heavy atom. The second-order valence-corrected chi connectivity index (χ2v) is 4.34. The maximum Gasteiger partial charge on any atom is 0.499 e. The van der Waals surface area contributed by atoms with Crippen LogP contribution in [0.25, 0.3) is 10.1 Å². The minimum Gasteiger partial charge on any atom is -0.491 e. The molecule has 0 atom stereocenters. The van der Waals surface area contributed by atoms with Crippen molar-refractivity contribution in [2.24, 2.45) is 0 Å². The first-order valence-corrected chi connectivity index (χ1v) is 5.66. The summed E-state index contributed by atoms with van der Waals surface area (Å²) in [6, 6.07) is 4.80. The lowest BCUT2D eigenvalue weighted by Gasteiger charge is -2.03. The van der Waals surface area contributed by atoms with Gasteiger partial charge in [0.25, 0.3) is 0 Å². The number of thiophene rings is 1. The molecule has 2 aromatic rings. The topological polar surface area (TPSA) is 49.7 Å². The summed E-state index contributed by atoms with van der Waals surface area (Å²) in [5.74, 6) is -0.257. The highest BCUT2D eigenvalue weighted by Crippen LogP contribution is 2.29. The molecule has 0 unspecified atom stereocenters. The summed E-state index contributed by atoms with van der Waals surface area (Å²) >= 11 is 1.02. The van der Waals surface area contributed by atoms with Crippen LogP contribution in [-0.4, -0.2) is 23.8 Å². The van der Waals surface area contributed by atoms with Crippen molar-refractivity contribution in [3.8, 4) is 5.75 Å². The molecule has 0 aliphatic carbocycles. The molecule has 0 saturated heterocycles. The molecule has 16 heavy (non-hydrogen) atoms. The Bertz CT molecular complexity index is 512. The molecule has 1 heterocycles. The minimum absolute atomic E-state index is 0.191. The van der Waals surface area contributed by atoms with Crippen LogP contribution >= 0.6 is 11.3 Å². The Labute approximate surface area is 96.2 Å². The van der Waals surface area contributed by atoms with Crippen molar-refractivity contribution in [1.82, 2.24) is 0 Å². The van der Waals surface area contributed by atoms with E-state index in [1.54, 1.807) is 25.1 Å². The lowest BCUT2D eigenvalue weighted by atomic mass is 9.89. The van der Waals surface area contributed by atoms with E-state index in [0.29, 0.717) is 21.5 Å².